The maximum absolute atomic E-state index is 12.5. The molecule has 1 amide bonds. The van der Waals surface area contributed by atoms with Crippen molar-refractivity contribution in [3.8, 4) is 0 Å². The van der Waals surface area contributed by atoms with Gasteiger partial charge in [0.2, 0.25) is 5.91 Å². The molecule has 0 radical (unpaired) electrons. The van der Waals surface area contributed by atoms with Crippen LogP contribution in [0.4, 0.5) is 5.69 Å². The maximum atomic E-state index is 12.5. The minimum absolute atomic E-state index is 0.0526. The lowest BCUT2D eigenvalue weighted by Crippen LogP contribution is -2.12. The first-order chi connectivity index (χ1) is 13.6. The SMILES string of the molecule is CCn1c2ccccc2c2cc(NC(=O)CCc3ccc(C)c(C)c3)ccc21. The van der Waals surface area contributed by atoms with Crippen LogP contribution >= 0.6 is 0 Å². The molecule has 3 nitrogen and oxygen atoms in total. The van der Waals surface area contributed by atoms with Crippen molar-refractivity contribution in [1.82, 2.24) is 4.57 Å². The first-order valence-corrected chi connectivity index (χ1v) is 9.94. The average molecular weight is 370 g/mol. The summed E-state index contributed by atoms with van der Waals surface area (Å²) in [5, 5.41) is 5.49. The van der Waals surface area contributed by atoms with Crippen LogP contribution in [-0.2, 0) is 17.8 Å². The minimum atomic E-state index is 0.0526. The normalized spacial score (nSPS) is 11.2. The Hall–Kier alpha value is -3.07. The summed E-state index contributed by atoms with van der Waals surface area (Å²) in [6.45, 7) is 7.30. The Bertz CT molecular complexity index is 1170. The largest absolute Gasteiger partial charge is 0.341 e. The maximum Gasteiger partial charge on any atom is 0.224 e. The van der Waals surface area contributed by atoms with Crippen LogP contribution in [0, 0.1) is 13.8 Å². The number of rotatable bonds is 5. The summed E-state index contributed by atoms with van der Waals surface area (Å²) in [5.74, 6) is 0.0526. The molecule has 0 aliphatic carbocycles. The van der Waals surface area contributed by atoms with Gasteiger partial charge in [0.1, 0.15) is 0 Å². The van der Waals surface area contributed by atoms with Crippen LogP contribution in [0.25, 0.3) is 21.8 Å². The van der Waals surface area contributed by atoms with Crippen molar-refractivity contribution < 1.29 is 4.79 Å². The molecule has 0 saturated heterocycles. The van der Waals surface area contributed by atoms with E-state index in [1.54, 1.807) is 0 Å². The first kappa shape index (κ1) is 18.3. The second-order valence-corrected chi connectivity index (χ2v) is 7.46. The number of nitrogens with zero attached hydrogens (tertiary/aromatic N) is 1. The van der Waals surface area contributed by atoms with Crippen LogP contribution in [-0.4, -0.2) is 10.5 Å². The number of aryl methyl sites for hydroxylation is 4. The Labute approximate surface area is 166 Å². The van der Waals surface area contributed by atoms with Gasteiger partial charge in [0.25, 0.3) is 0 Å². The molecule has 0 aliphatic rings. The molecule has 142 valence electrons. The molecule has 0 fully saturated rings. The lowest BCUT2D eigenvalue weighted by molar-refractivity contribution is -0.116. The third-order valence-electron chi connectivity index (χ3n) is 5.58. The number of fused-ring (bicyclic) bond motifs is 3. The summed E-state index contributed by atoms with van der Waals surface area (Å²) in [6, 6.07) is 21.1. The van der Waals surface area contributed by atoms with Gasteiger partial charge >= 0.3 is 0 Å². The molecule has 3 heteroatoms. The van der Waals surface area contributed by atoms with E-state index >= 15 is 0 Å². The molecular formula is C25H26N2O. The van der Waals surface area contributed by atoms with Crippen molar-refractivity contribution >= 4 is 33.4 Å². The van der Waals surface area contributed by atoms with E-state index < -0.39 is 0 Å². The lowest BCUT2D eigenvalue weighted by Gasteiger charge is -2.08. The van der Waals surface area contributed by atoms with Gasteiger partial charge in [-0.15, -0.1) is 0 Å². The number of amides is 1. The summed E-state index contributed by atoms with van der Waals surface area (Å²) < 4.78 is 2.32. The molecular weight excluding hydrogens is 344 g/mol. The van der Waals surface area contributed by atoms with Gasteiger partial charge in [0, 0.05) is 40.5 Å². The van der Waals surface area contributed by atoms with Gasteiger partial charge in [-0.3, -0.25) is 4.79 Å². The van der Waals surface area contributed by atoms with Gasteiger partial charge in [-0.25, -0.2) is 0 Å². The van der Waals surface area contributed by atoms with Crippen molar-refractivity contribution in [2.75, 3.05) is 5.32 Å². The summed E-state index contributed by atoms with van der Waals surface area (Å²) in [4.78, 5) is 12.5. The molecule has 4 rings (SSSR count). The van der Waals surface area contributed by atoms with E-state index in [1.165, 1.54) is 38.5 Å². The zero-order valence-electron chi connectivity index (χ0n) is 16.8. The second-order valence-electron chi connectivity index (χ2n) is 7.46. The Balaban J connectivity index is 1.53. The fraction of sp³-hybridized carbons (Fsp3) is 0.240. The molecule has 0 aliphatic heterocycles. The predicted octanol–water partition coefficient (Wildman–Crippen LogP) is 6.00. The molecule has 0 spiro atoms. The van der Waals surface area contributed by atoms with Crippen molar-refractivity contribution in [3.05, 3.63) is 77.4 Å². The number of carbonyl (C=O) groups excluding carboxylic acids is 1. The second kappa shape index (κ2) is 7.51. The van der Waals surface area contributed by atoms with Crippen molar-refractivity contribution in [1.29, 1.82) is 0 Å². The van der Waals surface area contributed by atoms with Gasteiger partial charge < -0.3 is 9.88 Å². The van der Waals surface area contributed by atoms with E-state index in [4.69, 9.17) is 0 Å². The average Bonchev–Trinajstić information content (AvgIpc) is 3.02. The van der Waals surface area contributed by atoms with Crippen molar-refractivity contribution in [3.63, 3.8) is 0 Å². The molecule has 0 saturated carbocycles. The number of hydrogen-bond donors (Lipinski definition) is 1. The molecule has 28 heavy (non-hydrogen) atoms. The smallest absolute Gasteiger partial charge is 0.224 e. The minimum Gasteiger partial charge on any atom is -0.341 e. The molecule has 3 aromatic carbocycles. The van der Waals surface area contributed by atoms with E-state index in [0.29, 0.717) is 6.42 Å². The number of nitrogens with one attached hydrogen (secondary N) is 1. The molecule has 1 N–H and O–H groups in total. The third-order valence-corrected chi connectivity index (χ3v) is 5.58. The van der Waals surface area contributed by atoms with Crippen molar-refractivity contribution in [2.45, 2.75) is 40.2 Å². The van der Waals surface area contributed by atoms with E-state index in [-0.39, 0.29) is 5.91 Å². The Morgan fingerprint density at radius 3 is 2.46 bits per heavy atom. The number of hydrogen-bond acceptors (Lipinski definition) is 1. The van der Waals surface area contributed by atoms with E-state index in [2.05, 4.69) is 85.3 Å². The lowest BCUT2D eigenvalue weighted by atomic mass is 10.0. The Morgan fingerprint density at radius 2 is 1.68 bits per heavy atom. The predicted molar refractivity (Wildman–Crippen MR) is 118 cm³/mol. The summed E-state index contributed by atoms with van der Waals surface area (Å²) in [5.41, 5.74) is 7.06. The Kier molecular flexibility index (Phi) is 4.91. The molecule has 1 aromatic heterocycles. The highest BCUT2D eigenvalue weighted by Gasteiger charge is 2.11. The highest BCUT2D eigenvalue weighted by Crippen LogP contribution is 2.31. The zero-order chi connectivity index (χ0) is 19.7. The summed E-state index contributed by atoms with van der Waals surface area (Å²) in [7, 11) is 0. The number of para-hydroxylation sites is 1. The van der Waals surface area contributed by atoms with Crippen LogP contribution in [0.15, 0.2) is 60.7 Å². The van der Waals surface area contributed by atoms with Crippen LogP contribution in [0.2, 0.25) is 0 Å². The number of anilines is 1. The van der Waals surface area contributed by atoms with Gasteiger partial charge in [0.05, 0.1) is 0 Å². The Morgan fingerprint density at radius 1 is 0.893 bits per heavy atom. The fourth-order valence-corrected chi connectivity index (χ4v) is 3.91. The van der Waals surface area contributed by atoms with Gasteiger partial charge in [-0.05, 0) is 68.1 Å². The molecule has 4 aromatic rings. The summed E-state index contributed by atoms with van der Waals surface area (Å²) >= 11 is 0. The first-order valence-electron chi connectivity index (χ1n) is 9.94. The molecule has 1 heterocycles. The van der Waals surface area contributed by atoms with Gasteiger partial charge in [0.15, 0.2) is 0 Å². The number of benzene rings is 3. The van der Waals surface area contributed by atoms with Crippen LogP contribution in [0.5, 0.6) is 0 Å². The highest BCUT2D eigenvalue weighted by molar-refractivity contribution is 6.09. The third kappa shape index (κ3) is 3.40. The standard InChI is InChI=1S/C25H26N2O/c1-4-27-23-8-6-5-7-21(23)22-16-20(12-13-24(22)27)26-25(28)14-11-19-10-9-17(2)18(3)15-19/h5-10,12-13,15-16H,4,11,14H2,1-3H3,(H,26,28). The molecule has 0 unspecified atom stereocenters. The van der Waals surface area contributed by atoms with Crippen LogP contribution < -0.4 is 5.32 Å². The fourth-order valence-electron chi connectivity index (χ4n) is 3.91. The number of aromatic nitrogens is 1. The highest BCUT2D eigenvalue weighted by atomic mass is 16.1. The molecule has 0 atom stereocenters. The van der Waals surface area contributed by atoms with E-state index in [9.17, 15) is 4.79 Å². The zero-order valence-corrected chi connectivity index (χ0v) is 16.8. The monoisotopic (exact) mass is 370 g/mol. The van der Waals surface area contributed by atoms with Gasteiger partial charge in [-0.1, -0.05) is 36.4 Å². The van der Waals surface area contributed by atoms with Crippen LogP contribution in [0.1, 0.15) is 30.0 Å². The van der Waals surface area contributed by atoms with Gasteiger partial charge in [-0.2, -0.15) is 0 Å². The van der Waals surface area contributed by atoms with Crippen molar-refractivity contribution in [2.24, 2.45) is 0 Å². The summed E-state index contributed by atoms with van der Waals surface area (Å²) in [6.07, 6.45) is 1.24. The van der Waals surface area contributed by atoms with Crippen LogP contribution in [0.3, 0.4) is 0 Å². The van der Waals surface area contributed by atoms with E-state index in [1.807, 2.05) is 6.07 Å². The topological polar surface area (TPSA) is 34.0 Å². The molecule has 0 bridgehead atoms. The quantitative estimate of drug-likeness (QED) is 0.459. The van der Waals surface area contributed by atoms with E-state index in [0.717, 1.165) is 18.7 Å². The number of carbonyl (C=O) groups is 1.